The molecule has 0 aliphatic carbocycles. The maximum absolute atomic E-state index is 4.31. The van der Waals surface area contributed by atoms with Gasteiger partial charge in [0.05, 0.1) is 17.9 Å². The molecule has 84 valence electrons. The van der Waals surface area contributed by atoms with Crippen LogP contribution in [-0.2, 0) is 13.6 Å². The van der Waals surface area contributed by atoms with Gasteiger partial charge in [-0.3, -0.25) is 4.68 Å². The molecule has 1 N–H and O–H groups in total. The minimum absolute atomic E-state index is 0.806. The quantitative estimate of drug-likeness (QED) is 0.853. The number of aromatic nitrogens is 2. The van der Waals surface area contributed by atoms with Gasteiger partial charge < -0.3 is 5.32 Å². The third-order valence-corrected chi connectivity index (χ3v) is 2.62. The van der Waals surface area contributed by atoms with Crippen LogP contribution in [0.25, 0.3) is 0 Å². The van der Waals surface area contributed by atoms with Crippen molar-refractivity contribution in [2.75, 3.05) is 5.32 Å². The van der Waals surface area contributed by atoms with Gasteiger partial charge in [-0.1, -0.05) is 17.7 Å². The van der Waals surface area contributed by atoms with E-state index in [0.29, 0.717) is 0 Å². The molecule has 0 unspecified atom stereocenters. The maximum Gasteiger partial charge on any atom is 0.0597 e. The lowest BCUT2D eigenvalue weighted by atomic mass is 10.2. The molecule has 16 heavy (non-hydrogen) atoms. The Hall–Kier alpha value is -1.77. The average Bonchev–Trinajstić information content (AvgIpc) is 2.57. The molecule has 0 bridgehead atoms. The van der Waals surface area contributed by atoms with Gasteiger partial charge in [0.2, 0.25) is 0 Å². The van der Waals surface area contributed by atoms with E-state index in [-0.39, 0.29) is 0 Å². The van der Waals surface area contributed by atoms with Crippen molar-refractivity contribution >= 4 is 5.69 Å². The van der Waals surface area contributed by atoms with Gasteiger partial charge in [-0.05, 0) is 32.0 Å². The highest BCUT2D eigenvalue weighted by atomic mass is 15.3. The molecule has 0 atom stereocenters. The second kappa shape index (κ2) is 4.39. The van der Waals surface area contributed by atoms with Crippen molar-refractivity contribution in [1.29, 1.82) is 0 Å². The molecule has 0 saturated heterocycles. The Morgan fingerprint density at radius 3 is 2.44 bits per heavy atom. The van der Waals surface area contributed by atoms with Gasteiger partial charge >= 0.3 is 0 Å². The van der Waals surface area contributed by atoms with Gasteiger partial charge in [-0.25, -0.2) is 0 Å². The summed E-state index contributed by atoms with van der Waals surface area (Å²) >= 11 is 0. The molecule has 0 aliphatic heterocycles. The van der Waals surface area contributed by atoms with Crippen molar-refractivity contribution < 1.29 is 0 Å². The number of aryl methyl sites for hydroxylation is 3. The van der Waals surface area contributed by atoms with Gasteiger partial charge in [0.15, 0.2) is 0 Å². The smallest absolute Gasteiger partial charge is 0.0597 e. The van der Waals surface area contributed by atoms with Crippen LogP contribution in [0, 0.1) is 13.8 Å². The van der Waals surface area contributed by atoms with E-state index in [2.05, 4.69) is 47.7 Å². The monoisotopic (exact) mass is 215 g/mol. The Morgan fingerprint density at radius 2 is 1.88 bits per heavy atom. The first-order valence-electron chi connectivity index (χ1n) is 5.45. The van der Waals surface area contributed by atoms with Crippen molar-refractivity contribution in [3.63, 3.8) is 0 Å². The summed E-state index contributed by atoms with van der Waals surface area (Å²) in [5.41, 5.74) is 4.67. The molecule has 0 fully saturated rings. The van der Waals surface area contributed by atoms with Gasteiger partial charge in [0.25, 0.3) is 0 Å². The molecule has 3 nitrogen and oxygen atoms in total. The van der Waals surface area contributed by atoms with E-state index in [1.807, 2.05) is 18.7 Å². The van der Waals surface area contributed by atoms with Crippen LogP contribution in [0.2, 0.25) is 0 Å². The fourth-order valence-electron chi connectivity index (χ4n) is 1.69. The highest BCUT2D eigenvalue weighted by molar-refractivity contribution is 5.44. The molecule has 0 amide bonds. The topological polar surface area (TPSA) is 29.9 Å². The summed E-state index contributed by atoms with van der Waals surface area (Å²) in [6, 6.07) is 10.5. The lowest BCUT2D eigenvalue weighted by molar-refractivity contribution is 0.713. The summed E-state index contributed by atoms with van der Waals surface area (Å²) in [6.07, 6.45) is 0. The summed E-state index contributed by atoms with van der Waals surface area (Å²) in [5.74, 6) is 0. The molecule has 0 radical (unpaired) electrons. The van der Waals surface area contributed by atoms with Gasteiger partial charge in [0.1, 0.15) is 0 Å². The summed E-state index contributed by atoms with van der Waals surface area (Å²) in [5, 5.41) is 7.70. The Bertz CT molecular complexity index is 468. The number of rotatable bonds is 3. The molecular formula is C13H17N3. The lowest BCUT2D eigenvalue weighted by Crippen LogP contribution is -2.05. The molecule has 1 heterocycles. The minimum atomic E-state index is 0.806. The Morgan fingerprint density at radius 1 is 1.19 bits per heavy atom. The zero-order chi connectivity index (χ0) is 11.5. The van der Waals surface area contributed by atoms with E-state index in [1.165, 1.54) is 11.3 Å². The van der Waals surface area contributed by atoms with Crippen LogP contribution in [0.1, 0.15) is 17.0 Å². The van der Waals surface area contributed by atoms with Crippen LogP contribution >= 0.6 is 0 Å². The number of anilines is 1. The lowest BCUT2D eigenvalue weighted by Gasteiger charge is -2.06. The molecule has 2 rings (SSSR count). The number of hydrogen-bond acceptors (Lipinski definition) is 2. The fraction of sp³-hybridized carbons (Fsp3) is 0.308. The van der Waals surface area contributed by atoms with Crippen LogP contribution in [0.4, 0.5) is 5.69 Å². The molecule has 2 aromatic rings. The van der Waals surface area contributed by atoms with E-state index in [0.717, 1.165) is 17.9 Å². The first-order chi connectivity index (χ1) is 7.65. The number of nitrogens with zero attached hydrogens (tertiary/aromatic N) is 2. The molecule has 3 heteroatoms. The van der Waals surface area contributed by atoms with Crippen molar-refractivity contribution in [3.8, 4) is 0 Å². The summed E-state index contributed by atoms with van der Waals surface area (Å²) < 4.78 is 1.91. The zero-order valence-corrected chi connectivity index (χ0v) is 9.99. The van der Waals surface area contributed by atoms with Crippen molar-refractivity contribution in [2.24, 2.45) is 7.05 Å². The molecule has 0 saturated carbocycles. The highest BCUT2D eigenvalue weighted by Gasteiger charge is 2.01. The number of nitrogens with one attached hydrogen (secondary N) is 1. The van der Waals surface area contributed by atoms with Crippen LogP contribution in [0.3, 0.4) is 0 Å². The van der Waals surface area contributed by atoms with E-state index >= 15 is 0 Å². The van der Waals surface area contributed by atoms with Crippen LogP contribution in [0.5, 0.6) is 0 Å². The number of hydrogen-bond donors (Lipinski definition) is 1. The maximum atomic E-state index is 4.31. The third-order valence-electron chi connectivity index (χ3n) is 2.62. The van der Waals surface area contributed by atoms with E-state index in [9.17, 15) is 0 Å². The Balaban J connectivity index is 2.02. The van der Waals surface area contributed by atoms with Crippen LogP contribution in [-0.4, -0.2) is 9.78 Å². The average molecular weight is 215 g/mol. The third kappa shape index (κ3) is 2.42. The fourth-order valence-corrected chi connectivity index (χ4v) is 1.69. The first kappa shape index (κ1) is 10.7. The van der Waals surface area contributed by atoms with Crippen molar-refractivity contribution in [1.82, 2.24) is 9.78 Å². The predicted octanol–water partition coefficient (Wildman–Crippen LogP) is 2.65. The number of benzene rings is 1. The molecule has 0 aliphatic rings. The predicted molar refractivity (Wildman–Crippen MR) is 66.5 cm³/mol. The second-order valence-corrected chi connectivity index (χ2v) is 4.12. The highest BCUT2D eigenvalue weighted by Crippen LogP contribution is 2.10. The second-order valence-electron chi connectivity index (χ2n) is 4.12. The van der Waals surface area contributed by atoms with E-state index in [1.54, 1.807) is 0 Å². The van der Waals surface area contributed by atoms with Gasteiger partial charge in [-0.15, -0.1) is 0 Å². The Labute approximate surface area is 96.1 Å². The van der Waals surface area contributed by atoms with Crippen LogP contribution in [0.15, 0.2) is 30.3 Å². The minimum Gasteiger partial charge on any atom is -0.379 e. The van der Waals surface area contributed by atoms with Crippen LogP contribution < -0.4 is 5.32 Å². The molecular weight excluding hydrogens is 198 g/mol. The molecule has 0 spiro atoms. The zero-order valence-electron chi connectivity index (χ0n) is 9.99. The largest absolute Gasteiger partial charge is 0.379 e. The van der Waals surface area contributed by atoms with Gasteiger partial charge in [0, 0.05) is 12.7 Å². The molecule has 1 aromatic carbocycles. The Kier molecular flexibility index (Phi) is 2.95. The first-order valence-corrected chi connectivity index (χ1v) is 5.45. The SMILES string of the molecule is Cc1ccc(NCc2cc(C)nn2C)cc1. The van der Waals surface area contributed by atoms with E-state index < -0.39 is 0 Å². The summed E-state index contributed by atoms with van der Waals surface area (Å²) in [6.45, 7) is 4.91. The van der Waals surface area contributed by atoms with Crippen molar-refractivity contribution in [2.45, 2.75) is 20.4 Å². The van der Waals surface area contributed by atoms with Crippen molar-refractivity contribution in [3.05, 3.63) is 47.3 Å². The standard InChI is InChI=1S/C13H17N3/c1-10-4-6-12(7-5-10)14-9-13-8-11(2)15-16(13)3/h4-8,14H,9H2,1-3H3. The van der Waals surface area contributed by atoms with Gasteiger partial charge in [-0.2, -0.15) is 5.10 Å². The summed E-state index contributed by atoms with van der Waals surface area (Å²) in [4.78, 5) is 0. The normalized spacial score (nSPS) is 10.4. The molecule has 1 aromatic heterocycles. The summed E-state index contributed by atoms with van der Waals surface area (Å²) in [7, 11) is 1.97. The van der Waals surface area contributed by atoms with E-state index in [4.69, 9.17) is 0 Å².